The Labute approximate surface area is 74.9 Å². The first-order valence-electron chi connectivity index (χ1n) is 3.78. The van der Waals surface area contributed by atoms with Crippen LogP contribution in [0, 0.1) is 20.2 Å². The van der Waals surface area contributed by atoms with E-state index < -0.39 is 21.7 Å². The monoisotopic (exact) mass is 192 g/mol. The van der Waals surface area contributed by atoms with Gasteiger partial charge in [-0.3, -0.25) is 10.1 Å². The SMILES string of the molecule is CCC([N+](=O)[O-])C(C)(C)O[N+](=O)[O-]. The summed E-state index contributed by atoms with van der Waals surface area (Å²) in [5.41, 5.74) is -1.39. The summed E-state index contributed by atoms with van der Waals surface area (Å²) in [4.78, 5) is 24.1. The van der Waals surface area contributed by atoms with Crippen molar-refractivity contribution in [1.82, 2.24) is 0 Å². The van der Waals surface area contributed by atoms with Crippen LogP contribution in [-0.4, -0.2) is 21.7 Å². The maximum Gasteiger partial charge on any atom is 0.295 e. The average molecular weight is 192 g/mol. The molecule has 76 valence electrons. The smallest absolute Gasteiger partial charge is 0.295 e. The average Bonchev–Trinajstić information content (AvgIpc) is 1.82. The highest BCUT2D eigenvalue weighted by Crippen LogP contribution is 2.19. The highest BCUT2D eigenvalue weighted by atomic mass is 17.0. The molecule has 0 aromatic carbocycles. The minimum atomic E-state index is -1.39. The molecule has 0 aliphatic carbocycles. The topological polar surface area (TPSA) is 95.5 Å². The molecule has 13 heavy (non-hydrogen) atoms. The highest BCUT2D eigenvalue weighted by molar-refractivity contribution is 4.76. The molecule has 0 radical (unpaired) electrons. The van der Waals surface area contributed by atoms with Crippen LogP contribution in [0.5, 0.6) is 0 Å². The molecule has 0 rings (SSSR count). The Balaban J connectivity index is 4.56. The molecule has 0 saturated heterocycles. The van der Waals surface area contributed by atoms with Crippen LogP contribution in [0.15, 0.2) is 0 Å². The fraction of sp³-hybridized carbons (Fsp3) is 1.00. The summed E-state index contributed by atoms with van der Waals surface area (Å²) in [6, 6.07) is -1.07. The quantitative estimate of drug-likeness (QED) is 0.478. The minimum absolute atomic E-state index is 0.188. The zero-order valence-electron chi connectivity index (χ0n) is 7.72. The lowest BCUT2D eigenvalue weighted by Gasteiger charge is -2.24. The van der Waals surface area contributed by atoms with Crippen LogP contribution in [0.2, 0.25) is 0 Å². The van der Waals surface area contributed by atoms with E-state index in [4.69, 9.17) is 0 Å². The first-order valence-corrected chi connectivity index (χ1v) is 3.78. The van der Waals surface area contributed by atoms with Gasteiger partial charge >= 0.3 is 0 Å². The Morgan fingerprint density at radius 1 is 1.38 bits per heavy atom. The predicted molar refractivity (Wildman–Crippen MR) is 43.2 cm³/mol. The van der Waals surface area contributed by atoms with E-state index in [0.29, 0.717) is 0 Å². The number of hydrogen-bond donors (Lipinski definition) is 0. The van der Waals surface area contributed by atoms with E-state index in [1.165, 1.54) is 13.8 Å². The zero-order chi connectivity index (χ0) is 10.6. The standard InChI is InChI=1S/C6H12N2O5/c1-4-5(7(9)10)6(2,3)13-8(11)12/h5H,4H2,1-3H3. The molecule has 7 heteroatoms. The van der Waals surface area contributed by atoms with Gasteiger partial charge in [-0.15, -0.1) is 10.1 Å². The summed E-state index contributed by atoms with van der Waals surface area (Å²) < 4.78 is 0. The maximum absolute atomic E-state index is 10.5. The Kier molecular flexibility index (Phi) is 3.58. The molecule has 0 aromatic rings. The summed E-state index contributed by atoms with van der Waals surface area (Å²) in [6.07, 6.45) is 0.188. The number of nitrogens with zero attached hydrogens (tertiary/aromatic N) is 2. The third-order valence-corrected chi connectivity index (χ3v) is 1.75. The maximum atomic E-state index is 10.5. The normalized spacial score (nSPS) is 13.5. The van der Waals surface area contributed by atoms with Gasteiger partial charge in [0, 0.05) is 11.3 Å². The van der Waals surface area contributed by atoms with Gasteiger partial charge in [-0.05, 0) is 13.8 Å². The lowest BCUT2D eigenvalue weighted by Crippen LogP contribution is -2.45. The van der Waals surface area contributed by atoms with Gasteiger partial charge in [0.15, 0.2) is 5.60 Å². The number of rotatable bonds is 5. The lowest BCUT2D eigenvalue weighted by molar-refractivity contribution is -0.790. The summed E-state index contributed by atoms with van der Waals surface area (Å²) in [6.45, 7) is 4.23. The third kappa shape index (κ3) is 3.22. The number of hydrogen-bond acceptors (Lipinski definition) is 5. The summed E-state index contributed by atoms with van der Waals surface area (Å²) >= 11 is 0. The van der Waals surface area contributed by atoms with Crippen molar-refractivity contribution in [2.24, 2.45) is 0 Å². The molecular weight excluding hydrogens is 180 g/mol. The van der Waals surface area contributed by atoms with E-state index in [9.17, 15) is 20.2 Å². The first kappa shape index (κ1) is 11.6. The molecule has 0 aliphatic rings. The molecule has 0 N–H and O–H groups in total. The van der Waals surface area contributed by atoms with Crippen molar-refractivity contribution in [2.75, 3.05) is 0 Å². The summed E-state index contributed by atoms with van der Waals surface area (Å²) in [5, 5.41) is 19.5. The second-order valence-corrected chi connectivity index (χ2v) is 3.13. The van der Waals surface area contributed by atoms with Gasteiger partial charge in [0.25, 0.3) is 5.09 Å². The van der Waals surface area contributed by atoms with Crippen molar-refractivity contribution in [1.29, 1.82) is 0 Å². The zero-order valence-corrected chi connectivity index (χ0v) is 7.72. The fourth-order valence-electron chi connectivity index (χ4n) is 1.15. The van der Waals surface area contributed by atoms with Crippen LogP contribution in [0.4, 0.5) is 0 Å². The van der Waals surface area contributed by atoms with E-state index in [0.717, 1.165) is 0 Å². The van der Waals surface area contributed by atoms with Gasteiger partial charge in [0.1, 0.15) is 0 Å². The minimum Gasteiger partial charge on any atom is -0.301 e. The second kappa shape index (κ2) is 4.01. The van der Waals surface area contributed by atoms with Crippen molar-refractivity contribution in [3.05, 3.63) is 20.2 Å². The molecule has 0 aromatic heterocycles. The van der Waals surface area contributed by atoms with Gasteiger partial charge < -0.3 is 4.84 Å². The van der Waals surface area contributed by atoms with Crippen molar-refractivity contribution in [3.63, 3.8) is 0 Å². The van der Waals surface area contributed by atoms with Crippen LogP contribution in [0.3, 0.4) is 0 Å². The second-order valence-electron chi connectivity index (χ2n) is 3.13. The van der Waals surface area contributed by atoms with Gasteiger partial charge in [-0.25, -0.2) is 0 Å². The van der Waals surface area contributed by atoms with Gasteiger partial charge in [-0.2, -0.15) is 0 Å². The Morgan fingerprint density at radius 2 is 1.85 bits per heavy atom. The van der Waals surface area contributed by atoms with Crippen molar-refractivity contribution in [2.45, 2.75) is 38.8 Å². The van der Waals surface area contributed by atoms with Gasteiger partial charge in [0.05, 0.1) is 0 Å². The van der Waals surface area contributed by atoms with Crippen molar-refractivity contribution < 1.29 is 14.8 Å². The van der Waals surface area contributed by atoms with Crippen LogP contribution in [-0.2, 0) is 4.84 Å². The Morgan fingerprint density at radius 3 is 2.08 bits per heavy atom. The highest BCUT2D eigenvalue weighted by Gasteiger charge is 2.41. The Bertz CT molecular complexity index is 215. The molecule has 0 spiro atoms. The third-order valence-electron chi connectivity index (χ3n) is 1.75. The number of nitro groups is 1. The van der Waals surface area contributed by atoms with Crippen LogP contribution in [0.1, 0.15) is 27.2 Å². The molecular formula is C6H12N2O5. The largest absolute Gasteiger partial charge is 0.301 e. The van der Waals surface area contributed by atoms with Crippen LogP contribution >= 0.6 is 0 Å². The van der Waals surface area contributed by atoms with E-state index in [-0.39, 0.29) is 6.42 Å². The molecule has 1 atom stereocenters. The predicted octanol–water partition coefficient (Wildman–Crippen LogP) is 1.03. The summed E-state index contributed by atoms with van der Waals surface area (Å²) in [7, 11) is 0. The molecule has 0 aliphatic heterocycles. The molecule has 0 fully saturated rings. The van der Waals surface area contributed by atoms with E-state index >= 15 is 0 Å². The molecule has 0 bridgehead atoms. The molecule has 7 nitrogen and oxygen atoms in total. The van der Waals surface area contributed by atoms with E-state index in [2.05, 4.69) is 4.84 Å². The van der Waals surface area contributed by atoms with Crippen molar-refractivity contribution >= 4 is 0 Å². The van der Waals surface area contributed by atoms with Crippen molar-refractivity contribution in [3.8, 4) is 0 Å². The molecule has 0 saturated carbocycles. The van der Waals surface area contributed by atoms with Gasteiger partial charge in [-0.1, -0.05) is 6.92 Å². The Hall–Kier alpha value is -1.40. The summed E-state index contributed by atoms with van der Waals surface area (Å²) in [5.74, 6) is 0. The van der Waals surface area contributed by atoms with E-state index in [1.54, 1.807) is 6.92 Å². The molecule has 1 unspecified atom stereocenters. The van der Waals surface area contributed by atoms with Crippen LogP contribution in [0.25, 0.3) is 0 Å². The lowest BCUT2D eigenvalue weighted by atomic mass is 9.97. The first-order chi connectivity index (χ1) is 5.81. The van der Waals surface area contributed by atoms with Gasteiger partial charge in [0.2, 0.25) is 6.04 Å². The molecule has 0 amide bonds. The fourth-order valence-corrected chi connectivity index (χ4v) is 1.15. The van der Waals surface area contributed by atoms with Crippen LogP contribution < -0.4 is 0 Å². The van der Waals surface area contributed by atoms with E-state index in [1.807, 2.05) is 0 Å². The molecule has 0 heterocycles.